The minimum absolute atomic E-state index is 0.0555. The van der Waals surface area contributed by atoms with E-state index in [1.807, 2.05) is 13.8 Å². The van der Waals surface area contributed by atoms with Crippen molar-refractivity contribution in [2.45, 2.75) is 37.5 Å². The molecule has 1 amide bonds. The number of rotatable bonds is 5. The third kappa shape index (κ3) is 3.06. The first-order valence-corrected chi connectivity index (χ1v) is 10.6. The van der Waals surface area contributed by atoms with Gasteiger partial charge in [-0.05, 0) is 74.2 Å². The molecule has 4 rings (SSSR count). The van der Waals surface area contributed by atoms with Crippen LogP contribution in [0.3, 0.4) is 0 Å². The smallest absolute Gasteiger partial charge is 0.261 e. The summed E-state index contributed by atoms with van der Waals surface area (Å²) in [4.78, 5) is 14.5. The van der Waals surface area contributed by atoms with Gasteiger partial charge in [0.1, 0.15) is 5.75 Å². The molecular formula is C20H22N2O4S. The van der Waals surface area contributed by atoms with Gasteiger partial charge in [-0.2, -0.15) is 0 Å². The Bertz CT molecular complexity index is 999. The Balaban J connectivity index is 1.68. The number of hydrogen-bond acceptors (Lipinski definition) is 4. The Kier molecular flexibility index (Phi) is 4.34. The van der Waals surface area contributed by atoms with Crippen molar-refractivity contribution in [3.8, 4) is 5.75 Å². The maximum atomic E-state index is 12.9. The van der Waals surface area contributed by atoms with Gasteiger partial charge in [-0.25, -0.2) is 8.42 Å². The fourth-order valence-corrected chi connectivity index (χ4v) is 4.96. The van der Waals surface area contributed by atoms with E-state index in [0.717, 1.165) is 29.7 Å². The molecule has 0 radical (unpaired) electrons. The van der Waals surface area contributed by atoms with E-state index < -0.39 is 10.0 Å². The summed E-state index contributed by atoms with van der Waals surface area (Å²) in [6.07, 6.45) is 1.63. The number of hydrogen-bond donors (Lipinski definition) is 1. The highest BCUT2D eigenvalue weighted by Crippen LogP contribution is 2.44. The summed E-state index contributed by atoms with van der Waals surface area (Å²) in [5.41, 5.74) is 3.13. The number of benzene rings is 2. The number of ether oxygens (including phenoxy) is 1. The quantitative estimate of drug-likeness (QED) is 0.856. The molecule has 0 fully saturated rings. The van der Waals surface area contributed by atoms with Gasteiger partial charge in [-0.15, -0.1) is 0 Å². The largest absolute Gasteiger partial charge is 0.494 e. The summed E-state index contributed by atoms with van der Waals surface area (Å²) in [5, 5.41) is 0. The third-order valence-electron chi connectivity index (χ3n) is 5.12. The number of nitrogens with zero attached hydrogens (tertiary/aromatic N) is 1. The third-order valence-corrected chi connectivity index (χ3v) is 6.48. The molecule has 0 saturated carbocycles. The molecule has 142 valence electrons. The Morgan fingerprint density at radius 3 is 2.67 bits per heavy atom. The van der Waals surface area contributed by atoms with Crippen LogP contribution in [0.15, 0.2) is 41.3 Å². The van der Waals surface area contributed by atoms with Crippen molar-refractivity contribution >= 4 is 27.3 Å². The van der Waals surface area contributed by atoms with Gasteiger partial charge < -0.3 is 9.64 Å². The standard InChI is InChI=1S/C20H22N2O4S/c1-3-26-16-8-6-15(7-9-16)21-27(24,25)17-11-14-5-4-10-22-19(14)18(12-17)13(2)20(22)23/h6-9,11-13,21H,3-5,10H2,1-2H3/t13-/m0/s1. The molecule has 1 atom stereocenters. The van der Waals surface area contributed by atoms with E-state index in [-0.39, 0.29) is 16.7 Å². The summed E-state index contributed by atoms with van der Waals surface area (Å²) >= 11 is 0. The SMILES string of the molecule is CCOc1ccc(NS(=O)(=O)c2cc3c4c(c2)[C@H](C)C(=O)N4CCC3)cc1. The van der Waals surface area contributed by atoms with Crippen molar-refractivity contribution < 1.29 is 17.9 Å². The minimum atomic E-state index is -3.75. The first-order chi connectivity index (χ1) is 12.9. The van der Waals surface area contributed by atoms with Crippen molar-refractivity contribution in [1.82, 2.24) is 0 Å². The molecule has 6 nitrogen and oxygen atoms in total. The van der Waals surface area contributed by atoms with Crippen LogP contribution in [-0.4, -0.2) is 27.5 Å². The summed E-state index contributed by atoms with van der Waals surface area (Å²) in [6.45, 7) is 4.99. The first-order valence-electron chi connectivity index (χ1n) is 9.14. The number of carbonyl (C=O) groups is 1. The number of aryl methyl sites for hydroxylation is 1. The fraction of sp³-hybridized carbons (Fsp3) is 0.350. The van der Waals surface area contributed by atoms with Crippen LogP contribution in [0.2, 0.25) is 0 Å². The van der Waals surface area contributed by atoms with E-state index in [9.17, 15) is 13.2 Å². The summed E-state index contributed by atoms with van der Waals surface area (Å²) in [5.74, 6) is 0.437. The zero-order valence-electron chi connectivity index (χ0n) is 15.4. The molecule has 2 heterocycles. The van der Waals surface area contributed by atoms with Crippen molar-refractivity contribution in [3.05, 3.63) is 47.5 Å². The average Bonchev–Trinajstić information content (AvgIpc) is 2.90. The Hall–Kier alpha value is -2.54. The molecule has 2 aromatic rings. The predicted octanol–water partition coefficient (Wildman–Crippen LogP) is 3.28. The topological polar surface area (TPSA) is 75.7 Å². The molecule has 0 aromatic heterocycles. The monoisotopic (exact) mass is 386 g/mol. The lowest BCUT2D eigenvalue weighted by Gasteiger charge is -2.26. The molecule has 0 aliphatic carbocycles. The van der Waals surface area contributed by atoms with Gasteiger partial charge >= 0.3 is 0 Å². The van der Waals surface area contributed by atoms with Crippen LogP contribution in [0.1, 0.15) is 37.3 Å². The van der Waals surface area contributed by atoms with Gasteiger partial charge in [0, 0.05) is 12.2 Å². The molecule has 1 N–H and O–H groups in total. The lowest BCUT2D eigenvalue weighted by atomic mass is 9.97. The van der Waals surface area contributed by atoms with E-state index in [0.29, 0.717) is 24.6 Å². The lowest BCUT2D eigenvalue weighted by molar-refractivity contribution is -0.119. The second-order valence-corrected chi connectivity index (χ2v) is 8.58. The molecule has 0 saturated heterocycles. The molecule has 0 bridgehead atoms. The fourth-order valence-electron chi connectivity index (χ4n) is 3.82. The average molecular weight is 386 g/mol. The van der Waals surface area contributed by atoms with Crippen LogP contribution in [0.25, 0.3) is 0 Å². The van der Waals surface area contributed by atoms with Crippen molar-refractivity contribution in [1.29, 1.82) is 0 Å². The maximum absolute atomic E-state index is 12.9. The van der Waals surface area contributed by atoms with Crippen LogP contribution in [0.4, 0.5) is 11.4 Å². The Morgan fingerprint density at radius 2 is 1.96 bits per heavy atom. The Labute approximate surface area is 159 Å². The van der Waals surface area contributed by atoms with E-state index >= 15 is 0 Å². The van der Waals surface area contributed by atoms with Crippen LogP contribution >= 0.6 is 0 Å². The maximum Gasteiger partial charge on any atom is 0.261 e. The number of amides is 1. The van der Waals surface area contributed by atoms with Crippen LogP contribution < -0.4 is 14.4 Å². The Morgan fingerprint density at radius 1 is 1.22 bits per heavy atom. The van der Waals surface area contributed by atoms with Crippen LogP contribution in [0.5, 0.6) is 5.75 Å². The van der Waals surface area contributed by atoms with Crippen molar-refractivity contribution in [2.24, 2.45) is 0 Å². The normalized spacial score (nSPS) is 18.4. The zero-order valence-corrected chi connectivity index (χ0v) is 16.2. The summed E-state index contributed by atoms with van der Waals surface area (Å²) in [7, 11) is -3.75. The first kappa shape index (κ1) is 17.9. The van der Waals surface area contributed by atoms with Gasteiger partial charge in [0.25, 0.3) is 10.0 Å². The number of anilines is 2. The number of nitrogens with one attached hydrogen (secondary N) is 1. The number of sulfonamides is 1. The molecule has 27 heavy (non-hydrogen) atoms. The van der Waals surface area contributed by atoms with E-state index in [1.165, 1.54) is 0 Å². The highest BCUT2D eigenvalue weighted by Gasteiger charge is 2.38. The molecule has 2 aliphatic rings. The van der Waals surface area contributed by atoms with Crippen molar-refractivity contribution in [3.63, 3.8) is 0 Å². The van der Waals surface area contributed by atoms with Gasteiger partial charge in [0.05, 0.1) is 23.1 Å². The second-order valence-electron chi connectivity index (χ2n) is 6.90. The van der Waals surface area contributed by atoms with E-state index in [2.05, 4.69) is 4.72 Å². The van der Waals surface area contributed by atoms with Gasteiger partial charge in [-0.3, -0.25) is 9.52 Å². The predicted molar refractivity (Wildman–Crippen MR) is 104 cm³/mol. The zero-order chi connectivity index (χ0) is 19.2. The molecule has 7 heteroatoms. The van der Waals surface area contributed by atoms with Crippen LogP contribution in [0, 0.1) is 0 Å². The molecule has 0 unspecified atom stereocenters. The highest BCUT2D eigenvalue weighted by atomic mass is 32.2. The van der Waals surface area contributed by atoms with Gasteiger partial charge in [0.15, 0.2) is 0 Å². The molecule has 0 spiro atoms. The lowest BCUT2D eigenvalue weighted by Crippen LogP contribution is -2.32. The van der Waals surface area contributed by atoms with Gasteiger partial charge in [0.2, 0.25) is 5.91 Å². The molecule has 2 aromatic carbocycles. The summed E-state index contributed by atoms with van der Waals surface area (Å²) < 4.78 is 33.9. The molecule has 2 aliphatic heterocycles. The second kappa shape index (κ2) is 6.56. The molecular weight excluding hydrogens is 364 g/mol. The van der Waals surface area contributed by atoms with E-state index in [1.54, 1.807) is 41.3 Å². The van der Waals surface area contributed by atoms with Crippen LogP contribution in [-0.2, 0) is 21.2 Å². The van der Waals surface area contributed by atoms with Gasteiger partial charge in [-0.1, -0.05) is 0 Å². The van der Waals surface area contributed by atoms with Crippen molar-refractivity contribution in [2.75, 3.05) is 22.8 Å². The van der Waals surface area contributed by atoms with E-state index in [4.69, 9.17) is 4.74 Å². The number of carbonyl (C=O) groups excluding carboxylic acids is 1. The minimum Gasteiger partial charge on any atom is -0.494 e. The highest BCUT2D eigenvalue weighted by molar-refractivity contribution is 7.92. The summed E-state index contributed by atoms with van der Waals surface area (Å²) in [6, 6.07) is 10.2.